The third-order valence-electron chi connectivity index (χ3n) is 2.15. The van der Waals surface area contributed by atoms with Gasteiger partial charge in [0.25, 0.3) is 5.91 Å². The van der Waals surface area contributed by atoms with Gasteiger partial charge in [-0.05, 0) is 6.07 Å². The lowest BCUT2D eigenvalue weighted by Crippen LogP contribution is -2.53. The molecule has 2 heterocycles. The van der Waals surface area contributed by atoms with Crippen molar-refractivity contribution in [1.29, 1.82) is 0 Å². The molecule has 74 valence electrons. The third kappa shape index (κ3) is 1.46. The molecule has 0 aliphatic carbocycles. The number of hydrogen-bond acceptors (Lipinski definition) is 3. The van der Waals surface area contributed by atoms with Crippen molar-refractivity contribution in [2.75, 3.05) is 13.1 Å². The minimum atomic E-state index is -0.626. The van der Waals surface area contributed by atoms with Gasteiger partial charge in [-0.1, -0.05) is 0 Å². The first-order valence-corrected chi connectivity index (χ1v) is 4.25. The summed E-state index contributed by atoms with van der Waals surface area (Å²) in [4.78, 5) is 16.5. The monoisotopic (exact) mass is 196 g/mol. The Hall–Kier alpha value is -1.49. The topological polar surface area (TPSA) is 53.4 Å². The Morgan fingerprint density at radius 3 is 2.93 bits per heavy atom. The van der Waals surface area contributed by atoms with Crippen molar-refractivity contribution in [3.05, 3.63) is 29.8 Å². The summed E-state index contributed by atoms with van der Waals surface area (Å²) in [5, 5.41) is 8.98. The van der Waals surface area contributed by atoms with Gasteiger partial charge in [0.15, 0.2) is 5.82 Å². The highest BCUT2D eigenvalue weighted by molar-refractivity contribution is 5.94. The van der Waals surface area contributed by atoms with Crippen LogP contribution in [0.4, 0.5) is 4.39 Å². The molecule has 2 rings (SSSR count). The van der Waals surface area contributed by atoms with E-state index in [2.05, 4.69) is 4.98 Å². The first kappa shape index (κ1) is 9.08. The third-order valence-corrected chi connectivity index (χ3v) is 2.15. The van der Waals surface area contributed by atoms with Crippen LogP contribution >= 0.6 is 0 Å². The van der Waals surface area contributed by atoms with Gasteiger partial charge in [-0.3, -0.25) is 9.78 Å². The van der Waals surface area contributed by atoms with Crippen molar-refractivity contribution >= 4 is 5.91 Å². The van der Waals surface area contributed by atoms with E-state index in [-0.39, 0.29) is 18.7 Å². The number of carbonyl (C=O) groups is 1. The predicted octanol–water partition coefficient (Wildman–Crippen LogP) is 0.0374. The van der Waals surface area contributed by atoms with E-state index in [0.717, 1.165) is 6.20 Å². The number of halogens is 1. The smallest absolute Gasteiger partial charge is 0.257 e. The van der Waals surface area contributed by atoms with Crippen LogP contribution in [-0.4, -0.2) is 40.1 Å². The van der Waals surface area contributed by atoms with Crippen LogP contribution in [0.5, 0.6) is 0 Å². The van der Waals surface area contributed by atoms with Gasteiger partial charge in [-0.25, -0.2) is 4.39 Å². The Morgan fingerprint density at radius 2 is 2.36 bits per heavy atom. The van der Waals surface area contributed by atoms with Crippen molar-refractivity contribution < 1.29 is 14.3 Å². The molecule has 0 radical (unpaired) electrons. The van der Waals surface area contributed by atoms with Crippen LogP contribution in [0.3, 0.4) is 0 Å². The zero-order valence-corrected chi connectivity index (χ0v) is 7.35. The number of hydrogen-bond donors (Lipinski definition) is 1. The van der Waals surface area contributed by atoms with Gasteiger partial charge < -0.3 is 10.0 Å². The molecule has 1 aliphatic rings. The molecule has 1 aromatic heterocycles. The molecular weight excluding hydrogens is 187 g/mol. The van der Waals surface area contributed by atoms with Gasteiger partial charge in [0.2, 0.25) is 0 Å². The van der Waals surface area contributed by atoms with Crippen molar-refractivity contribution in [3.63, 3.8) is 0 Å². The van der Waals surface area contributed by atoms with Crippen molar-refractivity contribution in [3.8, 4) is 0 Å². The number of aliphatic hydroxyl groups is 1. The zero-order valence-electron chi connectivity index (χ0n) is 7.35. The molecule has 1 amide bonds. The maximum Gasteiger partial charge on any atom is 0.257 e. The SMILES string of the molecule is O=C(c1ccncc1F)N1CC(O)C1. The van der Waals surface area contributed by atoms with Crippen molar-refractivity contribution in [1.82, 2.24) is 9.88 Å². The zero-order chi connectivity index (χ0) is 10.1. The summed E-state index contributed by atoms with van der Waals surface area (Å²) in [6, 6.07) is 1.34. The molecule has 1 aromatic rings. The Bertz CT molecular complexity index is 364. The van der Waals surface area contributed by atoms with Crippen LogP contribution in [0.2, 0.25) is 0 Å². The molecule has 0 unspecified atom stereocenters. The number of nitrogens with zero attached hydrogens (tertiary/aromatic N) is 2. The van der Waals surface area contributed by atoms with Crippen LogP contribution in [0.25, 0.3) is 0 Å². The number of amides is 1. The Labute approximate surface area is 80.0 Å². The number of pyridine rings is 1. The second-order valence-electron chi connectivity index (χ2n) is 3.22. The Balaban J connectivity index is 2.16. The maximum absolute atomic E-state index is 13.1. The summed E-state index contributed by atoms with van der Waals surface area (Å²) in [6.45, 7) is 0.557. The predicted molar refractivity (Wildman–Crippen MR) is 46.1 cm³/mol. The van der Waals surface area contributed by atoms with Crippen LogP contribution in [0.15, 0.2) is 18.5 Å². The van der Waals surface area contributed by atoms with Gasteiger partial charge in [0.05, 0.1) is 17.9 Å². The van der Waals surface area contributed by atoms with Crippen molar-refractivity contribution in [2.24, 2.45) is 0 Å². The molecule has 4 nitrogen and oxygen atoms in total. The van der Waals surface area contributed by atoms with E-state index in [4.69, 9.17) is 5.11 Å². The molecule has 0 bridgehead atoms. The van der Waals surface area contributed by atoms with E-state index >= 15 is 0 Å². The second kappa shape index (κ2) is 3.34. The Morgan fingerprint density at radius 1 is 1.64 bits per heavy atom. The summed E-state index contributed by atoms with van der Waals surface area (Å²) < 4.78 is 13.1. The maximum atomic E-state index is 13.1. The standard InChI is InChI=1S/C9H9FN2O2/c10-8-3-11-2-1-7(8)9(14)12-4-6(13)5-12/h1-3,6,13H,4-5H2. The Kier molecular flexibility index (Phi) is 2.17. The normalized spacial score (nSPS) is 16.6. The van der Waals surface area contributed by atoms with Crippen molar-refractivity contribution in [2.45, 2.75) is 6.10 Å². The average molecular weight is 196 g/mol. The molecule has 1 saturated heterocycles. The molecule has 0 atom stereocenters. The average Bonchev–Trinajstić information content (AvgIpc) is 2.13. The van der Waals surface area contributed by atoms with E-state index in [1.54, 1.807) is 0 Å². The minimum Gasteiger partial charge on any atom is -0.389 e. The number of aromatic nitrogens is 1. The lowest BCUT2D eigenvalue weighted by molar-refractivity contribution is 0.00558. The number of rotatable bonds is 1. The van der Waals surface area contributed by atoms with Gasteiger partial charge in [-0.15, -0.1) is 0 Å². The molecule has 0 aromatic carbocycles. The molecule has 1 N–H and O–H groups in total. The fourth-order valence-corrected chi connectivity index (χ4v) is 1.34. The fraction of sp³-hybridized carbons (Fsp3) is 0.333. The molecule has 0 saturated carbocycles. The summed E-state index contributed by atoms with van der Waals surface area (Å²) in [5.41, 5.74) is 0.00639. The van der Waals surface area contributed by atoms with Gasteiger partial charge in [0.1, 0.15) is 0 Å². The minimum absolute atomic E-state index is 0.00639. The van der Waals surface area contributed by atoms with E-state index in [1.807, 2.05) is 0 Å². The van der Waals surface area contributed by atoms with Crippen LogP contribution in [0, 0.1) is 5.82 Å². The molecule has 5 heteroatoms. The highest BCUT2D eigenvalue weighted by atomic mass is 19.1. The van der Waals surface area contributed by atoms with E-state index in [9.17, 15) is 9.18 Å². The second-order valence-corrected chi connectivity index (χ2v) is 3.22. The number of aliphatic hydroxyl groups excluding tert-OH is 1. The summed E-state index contributed by atoms with van der Waals surface area (Å²) in [5.74, 6) is -1.02. The van der Waals surface area contributed by atoms with Crippen LogP contribution < -0.4 is 0 Å². The summed E-state index contributed by atoms with van der Waals surface area (Å²) in [7, 11) is 0. The highest BCUT2D eigenvalue weighted by Gasteiger charge is 2.30. The van der Waals surface area contributed by atoms with E-state index in [0.29, 0.717) is 0 Å². The molecule has 0 spiro atoms. The molecule has 1 fully saturated rings. The van der Waals surface area contributed by atoms with E-state index < -0.39 is 17.8 Å². The van der Waals surface area contributed by atoms with Gasteiger partial charge >= 0.3 is 0 Å². The van der Waals surface area contributed by atoms with Gasteiger partial charge in [-0.2, -0.15) is 0 Å². The molecule has 1 aliphatic heterocycles. The van der Waals surface area contributed by atoms with E-state index in [1.165, 1.54) is 17.2 Å². The highest BCUT2D eigenvalue weighted by Crippen LogP contribution is 2.14. The molecule has 14 heavy (non-hydrogen) atoms. The summed E-state index contributed by atoms with van der Waals surface area (Å²) >= 11 is 0. The quantitative estimate of drug-likeness (QED) is 0.689. The lowest BCUT2D eigenvalue weighted by atomic mass is 10.1. The van der Waals surface area contributed by atoms with Gasteiger partial charge in [0, 0.05) is 19.3 Å². The molecular formula is C9H9FN2O2. The number of β-amino-alcohol motifs (C(OH)–C–C–N with tert-alkyl or cyclic N) is 1. The van der Waals surface area contributed by atoms with Crippen LogP contribution in [0.1, 0.15) is 10.4 Å². The first-order chi connectivity index (χ1) is 6.68. The fourth-order valence-electron chi connectivity index (χ4n) is 1.34. The number of likely N-dealkylation sites (tertiary alicyclic amines) is 1. The van der Waals surface area contributed by atoms with Crippen LogP contribution in [-0.2, 0) is 0 Å². The first-order valence-electron chi connectivity index (χ1n) is 4.25. The largest absolute Gasteiger partial charge is 0.389 e. The summed E-state index contributed by atoms with van der Waals surface area (Å²) in [6.07, 6.45) is 1.90. The number of carbonyl (C=O) groups excluding carboxylic acids is 1. The lowest BCUT2D eigenvalue weighted by Gasteiger charge is -2.35.